The third-order valence-corrected chi connectivity index (χ3v) is 2.99. The molecule has 0 unspecified atom stereocenters. The van der Waals surface area contributed by atoms with E-state index in [-0.39, 0.29) is 11.2 Å². The summed E-state index contributed by atoms with van der Waals surface area (Å²) in [5, 5.41) is 0. The van der Waals surface area contributed by atoms with E-state index in [0.717, 1.165) is 18.6 Å². The maximum Gasteiger partial charge on any atom is 0.156 e. The van der Waals surface area contributed by atoms with Crippen LogP contribution in [0.2, 0.25) is 0 Å². The van der Waals surface area contributed by atoms with Crippen molar-refractivity contribution in [1.29, 1.82) is 0 Å². The molecule has 0 saturated heterocycles. The molecule has 1 saturated carbocycles. The second kappa shape index (κ2) is 3.02. The molecule has 0 amide bonds. The van der Waals surface area contributed by atoms with Crippen molar-refractivity contribution < 1.29 is 9.53 Å². The van der Waals surface area contributed by atoms with Gasteiger partial charge in [0, 0.05) is 6.42 Å². The maximum absolute atomic E-state index is 11.4. The van der Waals surface area contributed by atoms with Crippen molar-refractivity contribution in [3.63, 3.8) is 0 Å². The van der Waals surface area contributed by atoms with Crippen molar-refractivity contribution in [3.05, 3.63) is 24.0 Å². The van der Waals surface area contributed by atoms with Crippen LogP contribution in [0.5, 0.6) is 0 Å². The zero-order valence-electron chi connectivity index (χ0n) is 7.88. The first kappa shape index (κ1) is 8.54. The van der Waals surface area contributed by atoms with Crippen LogP contribution >= 0.6 is 0 Å². The van der Waals surface area contributed by atoms with Gasteiger partial charge in [-0.15, -0.1) is 0 Å². The van der Waals surface area contributed by atoms with Crippen LogP contribution in [0.25, 0.3) is 0 Å². The Bertz CT molecular complexity index is 282. The molecule has 0 aromatic heterocycles. The largest absolute Gasteiger partial charge is 0.497 e. The van der Waals surface area contributed by atoms with Gasteiger partial charge in [-0.2, -0.15) is 0 Å². The third kappa shape index (κ3) is 1.53. The van der Waals surface area contributed by atoms with Crippen LogP contribution in [-0.4, -0.2) is 12.9 Å². The highest BCUT2D eigenvalue weighted by molar-refractivity contribution is 5.91. The van der Waals surface area contributed by atoms with Crippen LogP contribution in [0.1, 0.15) is 25.7 Å². The van der Waals surface area contributed by atoms with Gasteiger partial charge in [0.1, 0.15) is 5.76 Å². The predicted octanol–water partition coefficient (Wildman–Crippen LogP) is 2.22. The Morgan fingerprint density at radius 2 is 2.15 bits per heavy atom. The van der Waals surface area contributed by atoms with Crippen molar-refractivity contribution in [2.45, 2.75) is 25.7 Å². The normalized spacial score (nSPS) is 25.0. The summed E-state index contributed by atoms with van der Waals surface area (Å²) >= 11 is 0. The third-order valence-electron chi connectivity index (χ3n) is 2.99. The van der Waals surface area contributed by atoms with Crippen LogP contribution in [0.3, 0.4) is 0 Å². The van der Waals surface area contributed by atoms with Crippen molar-refractivity contribution in [2.24, 2.45) is 5.41 Å². The summed E-state index contributed by atoms with van der Waals surface area (Å²) in [5.41, 5.74) is 0.131. The molecule has 0 heterocycles. The van der Waals surface area contributed by atoms with Crippen LogP contribution in [0.15, 0.2) is 24.0 Å². The molecular weight excluding hydrogens is 164 g/mol. The van der Waals surface area contributed by atoms with Gasteiger partial charge in [-0.3, -0.25) is 4.79 Å². The van der Waals surface area contributed by atoms with Crippen molar-refractivity contribution >= 4 is 5.78 Å². The molecule has 13 heavy (non-hydrogen) atoms. The monoisotopic (exact) mass is 178 g/mol. The van der Waals surface area contributed by atoms with E-state index >= 15 is 0 Å². The van der Waals surface area contributed by atoms with Gasteiger partial charge in [-0.1, -0.05) is 6.42 Å². The summed E-state index contributed by atoms with van der Waals surface area (Å²) in [4.78, 5) is 11.4. The Kier molecular flexibility index (Phi) is 1.98. The minimum Gasteiger partial charge on any atom is -0.497 e. The Balaban J connectivity index is 2.26. The van der Waals surface area contributed by atoms with Gasteiger partial charge in [0.25, 0.3) is 0 Å². The van der Waals surface area contributed by atoms with Crippen molar-refractivity contribution in [1.82, 2.24) is 0 Å². The lowest BCUT2D eigenvalue weighted by Crippen LogP contribution is -2.29. The molecule has 2 heteroatoms. The van der Waals surface area contributed by atoms with E-state index < -0.39 is 0 Å². The van der Waals surface area contributed by atoms with E-state index in [4.69, 9.17) is 4.74 Å². The molecule has 70 valence electrons. The highest BCUT2D eigenvalue weighted by atomic mass is 16.5. The molecule has 2 rings (SSSR count). The second-order valence-electron chi connectivity index (χ2n) is 3.94. The lowest BCUT2D eigenvalue weighted by molar-refractivity contribution is -0.117. The molecule has 0 atom stereocenters. The van der Waals surface area contributed by atoms with Gasteiger partial charge in [0.15, 0.2) is 5.78 Å². The molecule has 0 aromatic rings. The highest BCUT2D eigenvalue weighted by Gasteiger charge is 2.37. The first-order chi connectivity index (χ1) is 6.24. The molecule has 2 nitrogen and oxygen atoms in total. The number of methoxy groups -OCH3 is 1. The molecule has 0 aromatic carbocycles. The highest BCUT2D eigenvalue weighted by Crippen LogP contribution is 2.47. The van der Waals surface area contributed by atoms with Crippen LogP contribution < -0.4 is 0 Å². The van der Waals surface area contributed by atoms with E-state index in [9.17, 15) is 4.79 Å². The van der Waals surface area contributed by atoms with E-state index in [1.165, 1.54) is 6.42 Å². The van der Waals surface area contributed by atoms with Gasteiger partial charge in [-0.05, 0) is 36.5 Å². The number of ketones is 1. The number of hydrogen-bond acceptors (Lipinski definition) is 2. The molecule has 1 spiro atoms. The predicted molar refractivity (Wildman–Crippen MR) is 50.1 cm³/mol. The zero-order valence-corrected chi connectivity index (χ0v) is 7.88. The molecule has 0 radical (unpaired) electrons. The number of hydrogen-bond donors (Lipinski definition) is 0. The van der Waals surface area contributed by atoms with Crippen molar-refractivity contribution in [3.8, 4) is 0 Å². The number of ether oxygens (including phenoxy) is 1. The molecule has 0 N–H and O–H groups in total. The zero-order chi connectivity index (χ0) is 9.31. The van der Waals surface area contributed by atoms with Crippen LogP contribution in [0, 0.1) is 5.41 Å². The van der Waals surface area contributed by atoms with Crippen LogP contribution in [-0.2, 0) is 9.53 Å². The van der Waals surface area contributed by atoms with E-state index in [2.05, 4.69) is 6.08 Å². The van der Waals surface area contributed by atoms with E-state index in [1.807, 2.05) is 0 Å². The quantitative estimate of drug-likeness (QED) is 0.615. The minimum absolute atomic E-state index is 0.131. The summed E-state index contributed by atoms with van der Waals surface area (Å²) < 4.78 is 5.17. The molecule has 1 fully saturated rings. The molecule has 0 bridgehead atoms. The van der Waals surface area contributed by atoms with Gasteiger partial charge < -0.3 is 4.74 Å². The average molecular weight is 178 g/mol. The van der Waals surface area contributed by atoms with E-state index in [0.29, 0.717) is 6.42 Å². The van der Waals surface area contributed by atoms with Gasteiger partial charge >= 0.3 is 0 Å². The molecule has 2 aliphatic carbocycles. The fourth-order valence-corrected chi connectivity index (χ4v) is 2.06. The van der Waals surface area contributed by atoms with E-state index in [1.54, 1.807) is 19.3 Å². The number of rotatable bonds is 1. The topological polar surface area (TPSA) is 26.3 Å². The maximum atomic E-state index is 11.4. The first-order valence-electron chi connectivity index (χ1n) is 4.72. The summed E-state index contributed by atoms with van der Waals surface area (Å²) in [6.07, 6.45) is 9.69. The van der Waals surface area contributed by atoms with Gasteiger partial charge in [-0.25, -0.2) is 0 Å². The summed E-state index contributed by atoms with van der Waals surface area (Å²) in [6.45, 7) is 0. The summed E-state index contributed by atoms with van der Waals surface area (Å²) in [5.74, 6) is 1.06. The summed E-state index contributed by atoms with van der Waals surface area (Å²) in [7, 11) is 1.65. The molecule has 0 aliphatic heterocycles. The molecule has 2 aliphatic rings. The number of carbonyl (C=O) groups is 1. The number of carbonyl (C=O) groups excluding carboxylic acids is 1. The Morgan fingerprint density at radius 3 is 2.69 bits per heavy atom. The van der Waals surface area contributed by atoms with Crippen molar-refractivity contribution in [2.75, 3.05) is 7.11 Å². The summed E-state index contributed by atoms with van der Waals surface area (Å²) in [6, 6.07) is 0. The fourth-order valence-electron chi connectivity index (χ4n) is 2.06. The Hall–Kier alpha value is -1.05. The minimum atomic E-state index is 0.131. The Labute approximate surface area is 78.3 Å². The average Bonchev–Trinajstić information content (AvgIpc) is 2.23. The van der Waals surface area contributed by atoms with Gasteiger partial charge in [0.2, 0.25) is 0 Å². The fraction of sp³-hybridized carbons (Fsp3) is 0.545. The first-order valence-corrected chi connectivity index (χ1v) is 4.72. The lowest BCUT2D eigenvalue weighted by Gasteiger charge is -2.38. The number of allylic oxidation sites excluding steroid dienone is 3. The van der Waals surface area contributed by atoms with Crippen LogP contribution in [0.4, 0.5) is 0 Å². The molecular formula is C11H14O2. The van der Waals surface area contributed by atoms with Gasteiger partial charge in [0.05, 0.1) is 7.11 Å². The Morgan fingerprint density at radius 1 is 1.38 bits per heavy atom. The smallest absolute Gasteiger partial charge is 0.156 e. The second-order valence-corrected chi connectivity index (χ2v) is 3.94. The lowest BCUT2D eigenvalue weighted by atomic mass is 9.66. The SMILES string of the molecule is COC1=CC2(CCC2)CC(=O)C=C1. The standard InChI is InChI=1S/C11H14O2/c1-13-10-4-3-9(12)7-11(8-10)5-2-6-11/h3-4,8H,2,5-7H2,1H3.